The summed E-state index contributed by atoms with van der Waals surface area (Å²) in [6.07, 6.45) is 1.39. The molecule has 0 fully saturated rings. The molecule has 9 heteroatoms. The fourth-order valence-corrected chi connectivity index (χ4v) is 4.72. The molecule has 0 aliphatic rings. The van der Waals surface area contributed by atoms with Crippen molar-refractivity contribution in [3.8, 4) is 17.6 Å². The highest BCUT2D eigenvalue weighted by Gasteiger charge is 2.22. The summed E-state index contributed by atoms with van der Waals surface area (Å²) >= 11 is 3.33. The predicted octanol–water partition coefficient (Wildman–Crippen LogP) is 5.78. The molecule has 35 heavy (non-hydrogen) atoms. The van der Waals surface area contributed by atoms with Crippen molar-refractivity contribution in [2.45, 2.75) is 25.7 Å². The van der Waals surface area contributed by atoms with E-state index in [0.29, 0.717) is 11.3 Å². The van der Waals surface area contributed by atoms with E-state index in [1.807, 2.05) is 26.0 Å². The van der Waals surface area contributed by atoms with E-state index in [2.05, 4.69) is 21.2 Å². The summed E-state index contributed by atoms with van der Waals surface area (Å²) in [5.41, 5.74) is 2.75. The molecule has 1 N–H and O–H groups in total. The molecule has 180 valence electrons. The van der Waals surface area contributed by atoms with Crippen LogP contribution in [0, 0.1) is 25.2 Å². The van der Waals surface area contributed by atoms with E-state index in [0.717, 1.165) is 11.1 Å². The van der Waals surface area contributed by atoms with Gasteiger partial charge in [-0.05, 0) is 90.3 Å². The van der Waals surface area contributed by atoms with Gasteiger partial charge in [0.15, 0.2) is 11.5 Å². The van der Waals surface area contributed by atoms with E-state index in [4.69, 9.17) is 8.92 Å². The van der Waals surface area contributed by atoms with Crippen LogP contribution in [-0.4, -0.2) is 20.9 Å². The molecule has 0 saturated carbocycles. The second kappa shape index (κ2) is 11.2. The molecule has 0 spiro atoms. The number of amides is 1. The Labute approximate surface area is 213 Å². The van der Waals surface area contributed by atoms with Crippen molar-refractivity contribution < 1.29 is 22.1 Å². The molecule has 0 heterocycles. The number of nitrogens with zero attached hydrogens (tertiary/aromatic N) is 1. The average Bonchev–Trinajstić information content (AvgIpc) is 2.80. The first-order valence-electron chi connectivity index (χ1n) is 10.6. The Morgan fingerprint density at radius 2 is 1.80 bits per heavy atom. The number of ether oxygens (including phenoxy) is 1. The zero-order valence-corrected chi connectivity index (χ0v) is 21.7. The third-order valence-electron chi connectivity index (χ3n) is 4.79. The van der Waals surface area contributed by atoms with Gasteiger partial charge >= 0.3 is 10.1 Å². The molecule has 7 nitrogen and oxygen atoms in total. The molecule has 0 aromatic heterocycles. The smallest absolute Gasteiger partial charge is 0.339 e. The van der Waals surface area contributed by atoms with Crippen LogP contribution in [0.5, 0.6) is 11.5 Å². The highest BCUT2D eigenvalue weighted by Crippen LogP contribution is 2.39. The van der Waals surface area contributed by atoms with Crippen molar-refractivity contribution in [1.29, 1.82) is 5.26 Å². The van der Waals surface area contributed by atoms with Crippen LogP contribution in [0.1, 0.15) is 23.6 Å². The number of hydrogen-bond acceptors (Lipinski definition) is 6. The van der Waals surface area contributed by atoms with Crippen LogP contribution in [0.25, 0.3) is 6.08 Å². The molecule has 0 aliphatic heterocycles. The minimum atomic E-state index is -4.13. The first-order chi connectivity index (χ1) is 16.6. The monoisotopic (exact) mass is 554 g/mol. The number of nitriles is 1. The van der Waals surface area contributed by atoms with Gasteiger partial charge in [0.25, 0.3) is 5.91 Å². The number of rotatable bonds is 8. The Morgan fingerprint density at radius 3 is 2.43 bits per heavy atom. The predicted molar refractivity (Wildman–Crippen MR) is 138 cm³/mol. The molecule has 0 unspecified atom stereocenters. The molecule has 3 aromatic carbocycles. The lowest BCUT2D eigenvalue weighted by atomic mass is 10.1. The van der Waals surface area contributed by atoms with Crippen LogP contribution >= 0.6 is 15.9 Å². The number of halogens is 1. The van der Waals surface area contributed by atoms with Crippen LogP contribution in [0.15, 0.2) is 75.6 Å². The van der Waals surface area contributed by atoms with Crippen LogP contribution in [0.2, 0.25) is 0 Å². The van der Waals surface area contributed by atoms with Crippen molar-refractivity contribution >= 4 is 43.7 Å². The van der Waals surface area contributed by atoms with Crippen molar-refractivity contribution in [2.24, 2.45) is 0 Å². The zero-order valence-electron chi connectivity index (χ0n) is 19.3. The standard InChI is InChI=1S/C26H23BrN2O5S/c1-4-33-24-15-19(13-20(16-28)26(30)29-21-7-5-6-18(3)12-21)14-23(27)25(24)34-35(31,32)22-10-8-17(2)9-11-22/h5-15H,4H2,1-3H3,(H,29,30)/b20-13+. The Bertz CT molecular complexity index is 1430. The second-order valence-electron chi connectivity index (χ2n) is 7.61. The third kappa shape index (κ3) is 6.72. The molecular weight excluding hydrogens is 532 g/mol. The number of aryl methyl sites for hydroxylation is 2. The van der Waals surface area contributed by atoms with Gasteiger partial charge in [0.1, 0.15) is 16.5 Å². The van der Waals surface area contributed by atoms with E-state index in [-0.39, 0.29) is 33.0 Å². The first kappa shape index (κ1) is 26.0. The van der Waals surface area contributed by atoms with E-state index in [1.165, 1.54) is 24.3 Å². The lowest BCUT2D eigenvalue weighted by molar-refractivity contribution is -0.112. The normalized spacial score (nSPS) is 11.5. The summed E-state index contributed by atoms with van der Waals surface area (Å²) < 4.78 is 36.9. The fourth-order valence-electron chi connectivity index (χ4n) is 3.11. The van der Waals surface area contributed by atoms with Gasteiger partial charge in [-0.2, -0.15) is 13.7 Å². The van der Waals surface area contributed by atoms with E-state index in [1.54, 1.807) is 43.3 Å². The fraction of sp³-hybridized carbons (Fsp3) is 0.154. The van der Waals surface area contributed by atoms with E-state index in [9.17, 15) is 18.5 Å². The van der Waals surface area contributed by atoms with Gasteiger partial charge in [0, 0.05) is 5.69 Å². The maximum atomic E-state index is 12.8. The van der Waals surface area contributed by atoms with Crippen LogP contribution in [-0.2, 0) is 14.9 Å². The van der Waals surface area contributed by atoms with Crippen LogP contribution < -0.4 is 14.2 Å². The summed E-state index contributed by atoms with van der Waals surface area (Å²) in [5, 5.41) is 12.3. The molecule has 0 saturated heterocycles. The second-order valence-corrected chi connectivity index (χ2v) is 10.0. The van der Waals surface area contributed by atoms with Gasteiger partial charge in [-0.15, -0.1) is 0 Å². The van der Waals surface area contributed by atoms with Gasteiger partial charge < -0.3 is 14.2 Å². The maximum Gasteiger partial charge on any atom is 0.339 e. The summed E-state index contributed by atoms with van der Waals surface area (Å²) in [6.45, 7) is 5.72. The van der Waals surface area contributed by atoms with E-state index >= 15 is 0 Å². The lowest BCUT2D eigenvalue weighted by Gasteiger charge is -2.15. The molecule has 1 amide bonds. The molecule has 0 aliphatic carbocycles. The Balaban J connectivity index is 1.94. The minimum absolute atomic E-state index is 0.000933. The van der Waals surface area contributed by atoms with Crippen molar-refractivity contribution in [3.63, 3.8) is 0 Å². The molecule has 3 aromatic rings. The van der Waals surface area contributed by atoms with Gasteiger partial charge in [-0.1, -0.05) is 29.8 Å². The minimum Gasteiger partial charge on any atom is -0.490 e. The summed E-state index contributed by atoms with van der Waals surface area (Å²) in [5.74, 6) is -0.470. The Hall–Kier alpha value is -3.61. The number of carbonyl (C=O) groups is 1. The number of nitrogens with one attached hydrogen (secondary N) is 1. The highest BCUT2D eigenvalue weighted by molar-refractivity contribution is 9.10. The molecular formula is C26H23BrN2O5S. The third-order valence-corrected chi connectivity index (χ3v) is 6.61. The van der Waals surface area contributed by atoms with Gasteiger partial charge in [0.05, 0.1) is 11.1 Å². The molecule has 0 atom stereocenters. The zero-order chi connectivity index (χ0) is 25.6. The molecule has 0 bridgehead atoms. The largest absolute Gasteiger partial charge is 0.490 e. The van der Waals surface area contributed by atoms with Crippen molar-refractivity contribution in [2.75, 3.05) is 11.9 Å². The number of carbonyl (C=O) groups excluding carboxylic acids is 1. The first-order valence-corrected chi connectivity index (χ1v) is 12.8. The maximum absolute atomic E-state index is 12.8. The number of hydrogen-bond donors (Lipinski definition) is 1. The van der Waals surface area contributed by atoms with Crippen LogP contribution in [0.4, 0.5) is 5.69 Å². The topological polar surface area (TPSA) is 105 Å². The molecule has 0 radical (unpaired) electrons. The number of anilines is 1. The van der Waals surface area contributed by atoms with E-state index < -0.39 is 16.0 Å². The summed E-state index contributed by atoms with van der Waals surface area (Å²) in [7, 11) is -4.13. The van der Waals surface area contributed by atoms with Crippen molar-refractivity contribution in [3.05, 3.63) is 87.4 Å². The Kier molecular flexibility index (Phi) is 8.33. The van der Waals surface area contributed by atoms with Crippen molar-refractivity contribution in [1.82, 2.24) is 0 Å². The van der Waals surface area contributed by atoms with Crippen LogP contribution in [0.3, 0.4) is 0 Å². The highest BCUT2D eigenvalue weighted by atomic mass is 79.9. The average molecular weight is 555 g/mol. The van der Waals surface area contributed by atoms with Gasteiger partial charge in [0.2, 0.25) is 0 Å². The quantitative estimate of drug-likeness (QED) is 0.215. The molecule has 3 rings (SSSR count). The lowest BCUT2D eigenvalue weighted by Crippen LogP contribution is -2.13. The summed E-state index contributed by atoms with van der Waals surface area (Å²) in [6, 6.07) is 18.4. The Morgan fingerprint density at radius 1 is 1.09 bits per heavy atom. The van der Waals surface area contributed by atoms with Gasteiger partial charge in [-0.3, -0.25) is 4.79 Å². The SMILES string of the molecule is CCOc1cc(/C=C(\C#N)C(=O)Nc2cccc(C)c2)cc(Br)c1OS(=O)(=O)c1ccc(C)cc1. The summed E-state index contributed by atoms with van der Waals surface area (Å²) in [4.78, 5) is 12.6. The van der Waals surface area contributed by atoms with Gasteiger partial charge in [-0.25, -0.2) is 0 Å². The number of benzene rings is 3.